The summed E-state index contributed by atoms with van der Waals surface area (Å²) in [5, 5.41) is 2.75. The smallest absolute Gasteiger partial charge is 0.332 e. The summed E-state index contributed by atoms with van der Waals surface area (Å²) in [6.07, 6.45) is 0.641. The number of carbonyl (C=O) groups excluding carboxylic acids is 2. The van der Waals surface area contributed by atoms with E-state index < -0.39 is 17.9 Å². The summed E-state index contributed by atoms with van der Waals surface area (Å²) in [6.45, 7) is 3.77. The van der Waals surface area contributed by atoms with Gasteiger partial charge in [-0.3, -0.25) is 4.79 Å². The maximum atomic E-state index is 12.0. The van der Waals surface area contributed by atoms with Crippen molar-refractivity contribution in [2.24, 2.45) is 5.73 Å². The summed E-state index contributed by atoms with van der Waals surface area (Å²) in [5.41, 5.74) is 6.42. The van der Waals surface area contributed by atoms with E-state index in [0.717, 1.165) is 5.56 Å². The number of esters is 1. The molecule has 3 N–H and O–H groups in total. The Morgan fingerprint density at radius 3 is 2.52 bits per heavy atom. The second-order valence-electron chi connectivity index (χ2n) is 4.44. The van der Waals surface area contributed by atoms with Crippen LogP contribution in [0.2, 0.25) is 0 Å². The Kier molecular flexibility index (Phi) is 6.68. The molecule has 0 radical (unpaired) electrons. The van der Waals surface area contributed by atoms with Gasteiger partial charge in [0.15, 0.2) is 6.04 Å². The predicted molar refractivity (Wildman–Crippen MR) is 78.8 cm³/mol. The molecule has 0 saturated heterocycles. The summed E-state index contributed by atoms with van der Waals surface area (Å²) in [5.74, 6) is -0.620. The van der Waals surface area contributed by atoms with Gasteiger partial charge in [-0.2, -0.15) is 0 Å². The molecule has 116 valence electrons. The number of nitrogens with one attached hydrogen (secondary N) is 1. The standard InChI is InChI=1S/C15H22N2O4/c1-4-11(10-8-6-7-9-12(10)20-3)17-14(18)13(16)15(19)21-5-2/h6-9,11,13H,4-5,16H2,1-3H3,(H,17,18). The average molecular weight is 294 g/mol. The summed E-state index contributed by atoms with van der Waals surface area (Å²) < 4.78 is 10.0. The second kappa shape index (κ2) is 8.26. The van der Waals surface area contributed by atoms with Gasteiger partial charge >= 0.3 is 5.97 Å². The van der Waals surface area contributed by atoms with Crippen LogP contribution in [0.3, 0.4) is 0 Å². The van der Waals surface area contributed by atoms with Crippen LogP contribution < -0.4 is 15.8 Å². The largest absolute Gasteiger partial charge is 0.496 e. The van der Waals surface area contributed by atoms with Gasteiger partial charge in [0, 0.05) is 5.56 Å². The topological polar surface area (TPSA) is 90.7 Å². The molecule has 1 aromatic carbocycles. The van der Waals surface area contributed by atoms with E-state index in [0.29, 0.717) is 12.2 Å². The van der Waals surface area contributed by atoms with Gasteiger partial charge in [0.25, 0.3) is 0 Å². The van der Waals surface area contributed by atoms with Crippen LogP contribution in [0.1, 0.15) is 31.9 Å². The van der Waals surface area contributed by atoms with Crippen LogP contribution in [-0.4, -0.2) is 31.6 Å². The van der Waals surface area contributed by atoms with E-state index in [1.54, 1.807) is 14.0 Å². The molecule has 1 rings (SSSR count). The lowest BCUT2D eigenvalue weighted by Gasteiger charge is -2.21. The van der Waals surface area contributed by atoms with E-state index >= 15 is 0 Å². The lowest BCUT2D eigenvalue weighted by molar-refractivity contribution is -0.148. The fraction of sp³-hybridized carbons (Fsp3) is 0.467. The molecule has 0 aliphatic heterocycles. The molecule has 0 saturated carbocycles. The zero-order chi connectivity index (χ0) is 15.8. The molecule has 0 aromatic heterocycles. The van der Waals surface area contributed by atoms with Crippen molar-refractivity contribution in [1.82, 2.24) is 5.32 Å². The van der Waals surface area contributed by atoms with E-state index in [-0.39, 0.29) is 12.6 Å². The lowest BCUT2D eigenvalue weighted by Crippen LogP contribution is -2.47. The Morgan fingerprint density at radius 2 is 1.95 bits per heavy atom. The summed E-state index contributed by atoms with van der Waals surface area (Å²) in [7, 11) is 1.57. The van der Waals surface area contributed by atoms with Crippen molar-refractivity contribution < 1.29 is 19.1 Å². The van der Waals surface area contributed by atoms with Gasteiger partial charge in [-0.15, -0.1) is 0 Å². The Hall–Kier alpha value is -2.08. The zero-order valence-electron chi connectivity index (χ0n) is 12.6. The number of hydrogen-bond donors (Lipinski definition) is 2. The summed E-state index contributed by atoms with van der Waals surface area (Å²) in [4.78, 5) is 23.5. The van der Waals surface area contributed by atoms with Gasteiger partial charge in [0.1, 0.15) is 5.75 Å². The highest BCUT2D eigenvalue weighted by Gasteiger charge is 2.26. The third-order valence-electron chi connectivity index (χ3n) is 3.06. The maximum absolute atomic E-state index is 12.0. The van der Waals surface area contributed by atoms with Crippen LogP contribution >= 0.6 is 0 Å². The minimum atomic E-state index is -1.33. The van der Waals surface area contributed by atoms with Crippen molar-refractivity contribution >= 4 is 11.9 Å². The molecule has 2 atom stereocenters. The normalized spacial score (nSPS) is 13.1. The molecule has 0 heterocycles. The van der Waals surface area contributed by atoms with E-state index in [1.165, 1.54) is 0 Å². The average Bonchev–Trinajstić information content (AvgIpc) is 2.51. The molecule has 1 aromatic rings. The molecule has 6 heteroatoms. The van der Waals surface area contributed by atoms with Crippen LogP contribution in [0.5, 0.6) is 5.75 Å². The molecular formula is C15H22N2O4. The van der Waals surface area contributed by atoms with Crippen LogP contribution in [0.15, 0.2) is 24.3 Å². The quantitative estimate of drug-likeness (QED) is 0.581. The molecule has 0 aliphatic carbocycles. The molecule has 2 unspecified atom stereocenters. The fourth-order valence-electron chi connectivity index (χ4n) is 1.95. The van der Waals surface area contributed by atoms with Gasteiger partial charge in [-0.05, 0) is 19.4 Å². The van der Waals surface area contributed by atoms with Crippen molar-refractivity contribution in [1.29, 1.82) is 0 Å². The van der Waals surface area contributed by atoms with Crippen LogP contribution in [0.25, 0.3) is 0 Å². The first kappa shape index (κ1) is 17.0. The maximum Gasteiger partial charge on any atom is 0.332 e. The number of methoxy groups -OCH3 is 1. The van der Waals surface area contributed by atoms with Crippen molar-refractivity contribution in [2.45, 2.75) is 32.4 Å². The number of benzene rings is 1. The number of amides is 1. The fourth-order valence-corrected chi connectivity index (χ4v) is 1.95. The number of nitrogens with two attached hydrogens (primary N) is 1. The molecule has 0 aliphatic rings. The van der Waals surface area contributed by atoms with E-state index in [1.807, 2.05) is 31.2 Å². The second-order valence-corrected chi connectivity index (χ2v) is 4.44. The number of hydrogen-bond acceptors (Lipinski definition) is 5. The molecule has 21 heavy (non-hydrogen) atoms. The number of ether oxygens (including phenoxy) is 2. The van der Waals surface area contributed by atoms with Gasteiger partial charge < -0.3 is 20.5 Å². The molecular weight excluding hydrogens is 272 g/mol. The van der Waals surface area contributed by atoms with Crippen LogP contribution in [0, 0.1) is 0 Å². The molecule has 0 fully saturated rings. The Bertz CT molecular complexity index is 490. The molecule has 1 amide bonds. The van der Waals surface area contributed by atoms with Crippen molar-refractivity contribution in [2.75, 3.05) is 13.7 Å². The van der Waals surface area contributed by atoms with Crippen LogP contribution in [-0.2, 0) is 14.3 Å². The Morgan fingerprint density at radius 1 is 1.29 bits per heavy atom. The number of carbonyl (C=O) groups is 2. The van der Waals surface area contributed by atoms with Gasteiger partial charge in [0.2, 0.25) is 5.91 Å². The summed E-state index contributed by atoms with van der Waals surface area (Å²) in [6, 6.07) is 5.78. The highest BCUT2D eigenvalue weighted by Crippen LogP contribution is 2.26. The third kappa shape index (κ3) is 4.46. The van der Waals surface area contributed by atoms with Crippen molar-refractivity contribution in [3.63, 3.8) is 0 Å². The van der Waals surface area contributed by atoms with E-state index in [9.17, 15) is 9.59 Å². The van der Waals surface area contributed by atoms with E-state index in [4.69, 9.17) is 15.2 Å². The zero-order valence-corrected chi connectivity index (χ0v) is 12.6. The van der Waals surface area contributed by atoms with Gasteiger partial charge in [-0.1, -0.05) is 25.1 Å². The number of rotatable bonds is 7. The first-order chi connectivity index (χ1) is 10.0. The van der Waals surface area contributed by atoms with E-state index in [2.05, 4.69) is 5.32 Å². The minimum absolute atomic E-state index is 0.184. The van der Waals surface area contributed by atoms with Crippen molar-refractivity contribution in [3.8, 4) is 5.75 Å². The summed E-state index contributed by atoms with van der Waals surface area (Å²) >= 11 is 0. The molecule has 6 nitrogen and oxygen atoms in total. The predicted octanol–water partition coefficient (Wildman–Crippen LogP) is 1.15. The monoisotopic (exact) mass is 294 g/mol. The molecule has 0 bridgehead atoms. The SMILES string of the molecule is CCOC(=O)C(N)C(=O)NC(CC)c1ccccc1OC. The molecule has 0 spiro atoms. The minimum Gasteiger partial charge on any atom is -0.496 e. The highest BCUT2D eigenvalue weighted by atomic mass is 16.5. The first-order valence-corrected chi connectivity index (χ1v) is 6.90. The van der Waals surface area contributed by atoms with Gasteiger partial charge in [-0.25, -0.2) is 4.79 Å². The Balaban J connectivity index is 2.82. The Labute approximate surface area is 124 Å². The number of para-hydroxylation sites is 1. The van der Waals surface area contributed by atoms with Crippen molar-refractivity contribution in [3.05, 3.63) is 29.8 Å². The lowest BCUT2D eigenvalue weighted by atomic mass is 10.0. The first-order valence-electron chi connectivity index (χ1n) is 6.90. The van der Waals surface area contributed by atoms with Crippen LogP contribution in [0.4, 0.5) is 0 Å². The van der Waals surface area contributed by atoms with Gasteiger partial charge in [0.05, 0.1) is 19.8 Å². The third-order valence-corrected chi connectivity index (χ3v) is 3.06. The highest BCUT2D eigenvalue weighted by molar-refractivity contribution is 6.01.